The smallest absolute Gasteiger partial charge is 0.268 e. The van der Waals surface area contributed by atoms with E-state index >= 15 is 0 Å². The molecule has 2 aromatic rings. The molecular formula is C21H28N4O4. The van der Waals surface area contributed by atoms with Crippen LogP contribution in [0.2, 0.25) is 0 Å². The molecular weight excluding hydrogens is 372 g/mol. The summed E-state index contributed by atoms with van der Waals surface area (Å²) < 4.78 is 11.6. The second-order valence-corrected chi connectivity index (χ2v) is 7.21. The first-order chi connectivity index (χ1) is 14.1. The highest BCUT2D eigenvalue weighted by atomic mass is 16.5. The Morgan fingerprint density at radius 3 is 2.93 bits per heavy atom. The lowest BCUT2D eigenvalue weighted by Gasteiger charge is -2.34. The van der Waals surface area contributed by atoms with E-state index in [0.29, 0.717) is 25.3 Å². The van der Waals surface area contributed by atoms with Crippen LogP contribution in [-0.2, 0) is 16.1 Å². The Balaban J connectivity index is 1.58. The van der Waals surface area contributed by atoms with Crippen molar-refractivity contribution in [1.82, 2.24) is 9.78 Å². The molecule has 0 aliphatic carbocycles. The van der Waals surface area contributed by atoms with Crippen LogP contribution < -0.4 is 20.5 Å². The van der Waals surface area contributed by atoms with Crippen LogP contribution >= 0.6 is 0 Å². The minimum Gasteiger partial charge on any atom is -0.497 e. The topological polar surface area (TPSA) is 85.7 Å². The lowest BCUT2D eigenvalue weighted by Crippen LogP contribution is -2.38. The van der Waals surface area contributed by atoms with E-state index in [1.54, 1.807) is 32.5 Å². The highest BCUT2D eigenvalue weighted by molar-refractivity contribution is 5.91. The highest BCUT2D eigenvalue weighted by Gasteiger charge is 2.23. The molecule has 1 saturated heterocycles. The maximum absolute atomic E-state index is 12.5. The molecule has 1 aromatic carbocycles. The molecule has 1 aromatic heterocycles. The number of piperidine rings is 1. The van der Waals surface area contributed by atoms with Crippen LogP contribution in [0.5, 0.6) is 5.75 Å². The largest absolute Gasteiger partial charge is 0.497 e. The standard InChI is InChI=1S/C21H28N4O4/c1-28-10-9-25-21(27)13-18(14-22-25)24-8-4-5-16(15-24)11-20(26)23-17-6-3-7-19(12-17)29-2/h3,6-7,12-14,16H,4-5,8-11,15H2,1-2H3,(H,23,26). The van der Waals surface area contributed by atoms with Crippen LogP contribution in [0.25, 0.3) is 0 Å². The number of nitrogens with zero attached hydrogens (tertiary/aromatic N) is 3. The monoisotopic (exact) mass is 400 g/mol. The highest BCUT2D eigenvalue weighted by Crippen LogP contribution is 2.24. The number of anilines is 2. The van der Waals surface area contributed by atoms with Gasteiger partial charge < -0.3 is 19.7 Å². The molecule has 2 heterocycles. The van der Waals surface area contributed by atoms with Crippen molar-refractivity contribution < 1.29 is 14.3 Å². The second kappa shape index (κ2) is 10.1. The summed E-state index contributed by atoms with van der Waals surface area (Å²) in [6, 6.07) is 8.94. The summed E-state index contributed by atoms with van der Waals surface area (Å²) in [5.41, 5.74) is 1.39. The van der Waals surface area contributed by atoms with Gasteiger partial charge in [0.25, 0.3) is 5.56 Å². The summed E-state index contributed by atoms with van der Waals surface area (Å²) in [5.74, 6) is 0.919. The third-order valence-corrected chi connectivity index (χ3v) is 5.07. The Morgan fingerprint density at radius 1 is 1.31 bits per heavy atom. The Bertz CT molecular complexity index is 883. The number of aromatic nitrogens is 2. The van der Waals surface area contributed by atoms with Gasteiger partial charge in [0.05, 0.1) is 32.1 Å². The van der Waals surface area contributed by atoms with Gasteiger partial charge in [-0.2, -0.15) is 5.10 Å². The van der Waals surface area contributed by atoms with Crippen molar-refractivity contribution in [3.8, 4) is 5.75 Å². The van der Waals surface area contributed by atoms with Crippen molar-refractivity contribution in [3.63, 3.8) is 0 Å². The summed E-state index contributed by atoms with van der Waals surface area (Å²) in [6.45, 7) is 2.47. The van der Waals surface area contributed by atoms with Gasteiger partial charge in [0.15, 0.2) is 0 Å². The summed E-state index contributed by atoms with van der Waals surface area (Å²) >= 11 is 0. The Hall–Kier alpha value is -2.87. The summed E-state index contributed by atoms with van der Waals surface area (Å²) in [5, 5.41) is 7.18. The number of methoxy groups -OCH3 is 2. The number of carbonyl (C=O) groups excluding carboxylic acids is 1. The van der Waals surface area contributed by atoms with Crippen LogP contribution in [0.1, 0.15) is 19.3 Å². The maximum atomic E-state index is 12.5. The molecule has 8 heteroatoms. The number of rotatable bonds is 8. The molecule has 1 aliphatic heterocycles. The minimum atomic E-state index is -0.141. The van der Waals surface area contributed by atoms with E-state index in [4.69, 9.17) is 9.47 Å². The van der Waals surface area contributed by atoms with Crippen molar-refractivity contribution in [1.29, 1.82) is 0 Å². The lowest BCUT2D eigenvalue weighted by molar-refractivity contribution is -0.117. The summed E-state index contributed by atoms with van der Waals surface area (Å²) in [6.07, 6.45) is 4.12. The van der Waals surface area contributed by atoms with Gasteiger partial charge in [0, 0.05) is 44.4 Å². The zero-order valence-corrected chi connectivity index (χ0v) is 17.0. The van der Waals surface area contributed by atoms with Gasteiger partial charge in [-0.1, -0.05) is 6.07 Å². The van der Waals surface area contributed by atoms with Crippen molar-refractivity contribution in [2.45, 2.75) is 25.8 Å². The van der Waals surface area contributed by atoms with Crippen LogP contribution in [0.15, 0.2) is 41.3 Å². The molecule has 0 radical (unpaired) electrons. The van der Waals surface area contributed by atoms with Crippen molar-refractivity contribution in [2.24, 2.45) is 5.92 Å². The molecule has 1 amide bonds. The Kier molecular flexibility index (Phi) is 7.24. The van der Waals surface area contributed by atoms with E-state index in [1.807, 2.05) is 18.2 Å². The lowest BCUT2D eigenvalue weighted by atomic mass is 9.94. The van der Waals surface area contributed by atoms with Gasteiger partial charge in [-0.3, -0.25) is 9.59 Å². The number of hydrogen-bond acceptors (Lipinski definition) is 6. The van der Waals surface area contributed by atoms with Gasteiger partial charge in [0.2, 0.25) is 5.91 Å². The molecule has 3 rings (SSSR count). The van der Waals surface area contributed by atoms with E-state index in [0.717, 1.165) is 37.3 Å². The molecule has 1 unspecified atom stereocenters. The van der Waals surface area contributed by atoms with Crippen LogP contribution in [0.3, 0.4) is 0 Å². The summed E-state index contributed by atoms with van der Waals surface area (Å²) in [7, 11) is 3.19. The number of benzene rings is 1. The number of ether oxygens (including phenoxy) is 2. The zero-order valence-electron chi connectivity index (χ0n) is 17.0. The molecule has 0 saturated carbocycles. The predicted octanol–water partition coefficient (Wildman–Crippen LogP) is 2.14. The fourth-order valence-corrected chi connectivity index (χ4v) is 3.58. The molecule has 0 bridgehead atoms. The average Bonchev–Trinajstić information content (AvgIpc) is 2.73. The van der Waals surface area contributed by atoms with Crippen molar-refractivity contribution in [3.05, 3.63) is 46.9 Å². The molecule has 1 N–H and O–H groups in total. The maximum Gasteiger partial charge on any atom is 0.268 e. The van der Waals surface area contributed by atoms with Crippen molar-refractivity contribution in [2.75, 3.05) is 44.1 Å². The van der Waals surface area contributed by atoms with Gasteiger partial charge in [-0.15, -0.1) is 0 Å². The molecule has 1 atom stereocenters. The van der Waals surface area contributed by atoms with Gasteiger partial charge in [-0.05, 0) is 30.9 Å². The third-order valence-electron chi connectivity index (χ3n) is 5.07. The normalized spacial score (nSPS) is 16.5. The number of nitrogens with one attached hydrogen (secondary N) is 1. The number of hydrogen-bond donors (Lipinski definition) is 1. The minimum absolute atomic E-state index is 0.0155. The third kappa shape index (κ3) is 5.80. The fourth-order valence-electron chi connectivity index (χ4n) is 3.58. The first-order valence-electron chi connectivity index (χ1n) is 9.84. The van der Waals surface area contributed by atoms with Crippen molar-refractivity contribution >= 4 is 17.3 Å². The molecule has 1 aliphatic rings. The van der Waals surface area contributed by atoms with E-state index in [9.17, 15) is 9.59 Å². The first-order valence-corrected chi connectivity index (χ1v) is 9.84. The zero-order chi connectivity index (χ0) is 20.6. The van der Waals surface area contributed by atoms with E-state index < -0.39 is 0 Å². The Labute approximate surface area is 170 Å². The van der Waals surface area contributed by atoms with E-state index in [2.05, 4.69) is 15.3 Å². The van der Waals surface area contributed by atoms with Crippen LogP contribution in [-0.4, -0.2) is 49.6 Å². The van der Waals surface area contributed by atoms with Crippen LogP contribution in [0, 0.1) is 5.92 Å². The molecule has 29 heavy (non-hydrogen) atoms. The average molecular weight is 400 g/mol. The molecule has 1 fully saturated rings. The van der Waals surface area contributed by atoms with Gasteiger partial charge >= 0.3 is 0 Å². The van der Waals surface area contributed by atoms with E-state index in [1.165, 1.54) is 4.68 Å². The Morgan fingerprint density at radius 2 is 2.17 bits per heavy atom. The SMILES string of the molecule is COCCn1ncc(N2CCCC(CC(=O)Nc3cccc(OC)c3)C2)cc1=O. The number of carbonyl (C=O) groups is 1. The molecule has 156 valence electrons. The molecule has 8 nitrogen and oxygen atoms in total. The second-order valence-electron chi connectivity index (χ2n) is 7.21. The van der Waals surface area contributed by atoms with Crippen LogP contribution in [0.4, 0.5) is 11.4 Å². The van der Waals surface area contributed by atoms with Gasteiger partial charge in [0.1, 0.15) is 5.75 Å². The fraction of sp³-hybridized carbons (Fsp3) is 0.476. The quantitative estimate of drug-likeness (QED) is 0.731. The van der Waals surface area contributed by atoms with Gasteiger partial charge in [-0.25, -0.2) is 4.68 Å². The van der Waals surface area contributed by atoms with E-state index in [-0.39, 0.29) is 17.4 Å². The predicted molar refractivity (Wildman–Crippen MR) is 112 cm³/mol. The summed E-state index contributed by atoms with van der Waals surface area (Å²) in [4.78, 5) is 26.9. The first kappa shape index (κ1) is 20.9. The molecule has 0 spiro atoms. The number of amides is 1.